The average molecular weight is 353 g/mol. The van der Waals surface area contributed by atoms with E-state index in [9.17, 15) is 14.0 Å². The molecule has 0 bridgehead atoms. The lowest BCUT2D eigenvalue weighted by Crippen LogP contribution is -2.14. The van der Waals surface area contributed by atoms with E-state index in [1.54, 1.807) is 6.07 Å². The van der Waals surface area contributed by atoms with Gasteiger partial charge in [0.15, 0.2) is 0 Å². The molecular formula is C14H10BrFN2O3. The van der Waals surface area contributed by atoms with E-state index in [1.807, 2.05) is 0 Å². The molecule has 1 N–H and O–H groups in total. The number of carbonyl (C=O) groups is 2. The Bertz CT molecular complexity index is 689. The maximum atomic E-state index is 13.7. The number of esters is 1. The number of amides is 1. The van der Waals surface area contributed by atoms with E-state index < -0.39 is 17.7 Å². The Balaban J connectivity index is 2.24. The van der Waals surface area contributed by atoms with Gasteiger partial charge >= 0.3 is 5.97 Å². The van der Waals surface area contributed by atoms with Crippen LogP contribution in [0, 0.1) is 5.82 Å². The molecule has 7 heteroatoms. The summed E-state index contributed by atoms with van der Waals surface area (Å²) in [4.78, 5) is 27.3. The molecule has 5 nitrogen and oxygen atoms in total. The van der Waals surface area contributed by atoms with Crippen LogP contribution < -0.4 is 5.32 Å². The van der Waals surface area contributed by atoms with Gasteiger partial charge < -0.3 is 10.1 Å². The van der Waals surface area contributed by atoms with Gasteiger partial charge in [0.05, 0.1) is 23.9 Å². The lowest BCUT2D eigenvalue weighted by atomic mass is 10.2. The summed E-state index contributed by atoms with van der Waals surface area (Å²) in [5, 5.41) is 2.39. The Kier molecular flexibility index (Phi) is 4.64. The molecule has 0 radical (unpaired) electrons. The second-order valence-electron chi connectivity index (χ2n) is 4.01. The van der Waals surface area contributed by atoms with E-state index in [4.69, 9.17) is 0 Å². The fourth-order valence-corrected chi connectivity index (χ4v) is 1.81. The molecule has 0 saturated heterocycles. The normalized spacial score (nSPS) is 10.0. The van der Waals surface area contributed by atoms with Crippen LogP contribution in [0.2, 0.25) is 0 Å². The van der Waals surface area contributed by atoms with Gasteiger partial charge in [0, 0.05) is 6.20 Å². The third kappa shape index (κ3) is 3.63. The molecule has 1 aromatic heterocycles. The zero-order chi connectivity index (χ0) is 15.4. The van der Waals surface area contributed by atoms with Crippen molar-refractivity contribution in [2.45, 2.75) is 0 Å². The van der Waals surface area contributed by atoms with Crippen LogP contribution in [0.1, 0.15) is 20.7 Å². The minimum Gasteiger partial charge on any atom is -0.465 e. The molecule has 0 saturated carbocycles. The summed E-state index contributed by atoms with van der Waals surface area (Å²) in [6.45, 7) is 0. The summed E-state index contributed by atoms with van der Waals surface area (Å²) in [6, 6.07) is 6.70. The highest BCUT2D eigenvalue weighted by Gasteiger charge is 2.13. The minimum atomic E-state index is -0.652. The molecule has 2 rings (SSSR count). The molecule has 21 heavy (non-hydrogen) atoms. The second-order valence-corrected chi connectivity index (χ2v) is 4.82. The highest BCUT2D eigenvalue weighted by molar-refractivity contribution is 9.10. The predicted molar refractivity (Wildman–Crippen MR) is 77.6 cm³/mol. The number of nitrogens with zero attached hydrogens (tertiary/aromatic N) is 1. The van der Waals surface area contributed by atoms with Gasteiger partial charge in [-0.25, -0.2) is 14.2 Å². The van der Waals surface area contributed by atoms with Crippen LogP contribution in [0.15, 0.2) is 41.1 Å². The van der Waals surface area contributed by atoms with Crippen molar-refractivity contribution in [1.82, 2.24) is 4.98 Å². The molecule has 1 aromatic carbocycles. The van der Waals surface area contributed by atoms with Gasteiger partial charge in [-0.15, -0.1) is 0 Å². The smallest absolute Gasteiger partial charge is 0.337 e. The number of carbonyl (C=O) groups excluding carboxylic acids is 2. The van der Waals surface area contributed by atoms with Crippen molar-refractivity contribution in [3.05, 3.63) is 58.1 Å². The largest absolute Gasteiger partial charge is 0.465 e. The summed E-state index contributed by atoms with van der Waals surface area (Å²) >= 11 is 3.15. The maximum Gasteiger partial charge on any atom is 0.337 e. The number of anilines is 1. The second kappa shape index (κ2) is 6.45. The Morgan fingerprint density at radius 3 is 2.57 bits per heavy atom. The molecular weight excluding hydrogens is 343 g/mol. The number of aromatic nitrogens is 1. The minimum absolute atomic E-state index is 0.106. The topological polar surface area (TPSA) is 68.3 Å². The number of hydrogen-bond acceptors (Lipinski definition) is 4. The van der Waals surface area contributed by atoms with E-state index in [2.05, 4.69) is 31.0 Å². The summed E-state index contributed by atoms with van der Waals surface area (Å²) < 4.78 is 18.8. The number of pyridine rings is 1. The fourth-order valence-electron chi connectivity index (χ4n) is 1.57. The van der Waals surface area contributed by atoms with Gasteiger partial charge in [-0.2, -0.15) is 0 Å². The van der Waals surface area contributed by atoms with Crippen molar-refractivity contribution in [3.8, 4) is 0 Å². The number of hydrogen-bond donors (Lipinski definition) is 1. The van der Waals surface area contributed by atoms with Gasteiger partial charge in [0.1, 0.15) is 10.4 Å². The van der Waals surface area contributed by atoms with Gasteiger partial charge in [-0.3, -0.25) is 4.79 Å². The quantitative estimate of drug-likeness (QED) is 0.680. The van der Waals surface area contributed by atoms with Crippen LogP contribution in [0.4, 0.5) is 10.1 Å². The highest BCUT2D eigenvalue weighted by Crippen LogP contribution is 2.18. The molecule has 0 aliphatic heterocycles. The number of methoxy groups -OCH3 is 1. The zero-order valence-corrected chi connectivity index (χ0v) is 12.5. The van der Waals surface area contributed by atoms with Gasteiger partial charge in [-0.05, 0) is 46.3 Å². The van der Waals surface area contributed by atoms with Crippen LogP contribution in [-0.4, -0.2) is 24.0 Å². The van der Waals surface area contributed by atoms with Crippen molar-refractivity contribution in [3.63, 3.8) is 0 Å². The Hall–Kier alpha value is -2.28. The fraction of sp³-hybridized carbons (Fsp3) is 0.0714. The van der Waals surface area contributed by atoms with Gasteiger partial charge in [-0.1, -0.05) is 0 Å². The summed E-state index contributed by atoms with van der Waals surface area (Å²) in [7, 11) is 1.22. The van der Waals surface area contributed by atoms with Crippen LogP contribution >= 0.6 is 15.9 Å². The number of halogens is 2. The molecule has 0 fully saturated rings. The van der Waals surface area contributed by atoms with Crippen molar-refractivity contribution >= 4 is 33.5 Å². The summed E-state index contributed by atoms with van der Waals surface area (Å²) in [5.74, 6) is -1.80. The predicted octanol–water partition coefficient (Wildman–Crippen LogP) is 3.02. The zero-order valence-electron chi connectivity index (χ0n) is 10.9. The van der Waals surface area contributed by atoms with Crippen LogP contribution in [-0.2, 0) is 4.74 Å². The van der Waals surface area contributed by atoms with Crippen LogP contribution in [0.5, 0.6) is 0 Å². The number of rotatable bonds is 3. The van der Waals surface area contributed by atoms with Gasteiger partial charge in [0.25, 0.3) is 5.91 Å². The van der Waals surface area contributed by atoms with Crippen molar-refractivity contribution < 1.29 is 18.7 Å². The first-order chi connectivity index (χ1) is 10.0. The first-order valence-corrected chi connectivity index (χ1v) is 6.61. The number of benzene rings is 1. The summed E-state index contributed by atoms with van der Waals surface area (Å²) in [5.41, 5.74) is 0.301. The molecule has 1 heterocycles. The van der Waals surface area contributed by atoms with Gasteiger partial charge in [0.2, 0.25) is 0 Å². The first kappa shape index (κ1) is 15.1. The van der Waals surface area contributed by atoms with E-state index in [-0.39, 0.29) is 16.8 Å². The summed E-state index contributed by atoms with van der Waals surface area (Å²) in [6.07, 6.45) is 1.35. The third-order valence-electron chi connectivity index (χ3n) is 2.63. The number of ether oxygens (including phenoxy) is 1. The molecule has 0 aliphatic rings. The van der Waals surface area contributed by atoms with Crippen molar-refractivity contribution in [1.29, 1.82) is 0 Å². The monoisotopic (exact) mass is 352 g/mol. The van der Waals surface area contributed by atoms with E-state index in [0.29, 0.717) is 4.60 Å². The lowest BCUT2D eigenvalue weighted by molar-refractivity contribution is 0.0600. The van der Waals surface area contributed by atoms with Crippen molar-refractivity contribution in [2.75, 3.05) is 12.4 Å². The maximum absolute atomic E-state index is 13.7. The molecule has 108 valence electrons. The molecule has 0 atom stereocenters. The molecule has 1 amide bonds. The molecule has 2 aromatic rings. The number of nitrogens with one attached hydrogen (secondary N) is 1. The molecule has 0 spiro atoms. The highest BCUT2D eigenvalue weighted by atomic mass is 79.9. The van der Waals surface area contributed by atoms with Crippen LogP contribution in [0.3, 0.4) is 0 Å². The SMILES string of the molecule is COC(=O)c1ccc(F)c(NC(=O)c2ccc(Br)nc2)c1. The standard InChI is InChI=1S/C14H10BrFN2O3/c1-21-14(20)8-2-4-10(16)11(6-8)18-13(19)9-3-5-12(15)17-7-9/h2-7H,1H3,(H,18,19). The lowest BCUT2D eigenvalue weighted by Gasteiger charge is -2.08. The Labute approximate surface area is 128 Å². The third-order valence-corrected chi connectivity index (χ3v) is 3.09. The average Bonchev–Trinajstić information content (AvgIpc) is 2.49. The van der Waals surface area contributed by atoms with Crippen LogP contribution in [0.25, 0.3) is 0 Å². The Morgan fingerprint density at radius 1 is 1.24 bits per heavy atom. The van der Waals surface area contributed by atoms with E-state index in [0.717, 1.165) is 6.07 Å². The molecule has 0 aliphatic carbocycles. The molecule has 0 unspecified atom stereocenters. The first-order valence-electron chi connectivity index (χ1n) is 5.82. The Morgan fingerprint density at radius 2 is 1.95 bits per heavy atom. The van der Waals surface area contributed by atoms with Crippen molar-refractivity contribution in [2.24, 2.45) is 0 Å². The van der Waals surface area contributed by atoms with E-state index in [1.165, 1.54) is 31.5 Å². The van der Waals surface area contributed by atoms with E-state index >= 15 is 0 Å².